The maximum atomic E-state index is 14.1. The van der Waals surface area contributed by atoms with Crippen LogP contribution < -0.4 is 0 Å². The molecule has 0 aliphatic heterocycles. The van der Waals surface area contributed by atoms with E-state index in [2.05, 4.69) is 26.8 Å². The molecule has 1 unspecified atom stereocenters. The Hall–Kier alpha value is -1.77. The molecule has 3 heteroatoms. The fourth-order valence-electron chi connectivity index (χ4n) is 7.46. The Kier molecular flexibility index (Phi) is 4.05. The van der Waals surface area contributed by atoms with Crippen molar-refractivity contribution in [2.45, 2.75) is 71.1 Å². The van der Waals surface area contributed by atoms with E-state index in [0.717, 1.165) is 50.2 Å². The number of hydrogen-bond donors (Lipinski definition) is 0. The minimum Gasteiger partial charge on any atom is -0.295 e. The van der Waals surface area contributed by atoms with E-state index in [1.54, 1.807) is 17.7 Å². The van der Waals surface area contributed by atoms with E-state index in [1.165, 1.54) is 5.57 Å². The van der Waals surface area contributed by atoms with Crippen molar-refractivity contribution >= 4 is 5.78 Å². The second-order valence-corrected chi connectivity index (χ2v) is 10.5. The van der Waals surface area contributed by atoms with Gasteiger partial charge >= 0.3 is 0 Å². The van der Waals surface area contributed by atoms with Gasteiger partial charge in [0.25, 0.3) is 0 Å². The van der Waals surface area contributed by atoms with E-state index >= 15 is 0 Å². The minimum atomic E-state index is -0.479. The summed E-state index contributed by atoms with van der Waals surface area (Å²) in [6.07, 6.45) is 11.0. The molecule has 0 radical (unpaired) electrons. The molecule has 2 fully saturated rings. The Morgan fingerprint density at radius 1 is 0.966 bits per heavy atom. The van der Waals surface area contributed by atoms with Crippen molar-refractivity contribution in [2.75, 3.05) is 0 Å². The second kappa shape index (κ2) is 6.12. The van der Waals surface area contributed by atoms with Crippen LogP contribution >= 0.6 is 0 Å². The lowest BCUT2D eigenvalue weighted by molar-refractivity contribution is -0.115. The summed E-state index contributed by atoms with van der Waals surface area (Å²) in [4.78, 5) is 12.0. The van der Waals surface area contributed by atoms with Gasteiger partial charge in [0.2, 0.25) is 0 Å². The molecule has 0 saturated heterocycles. The summed E-state index contributed by atoms with van der Waals surface area (Å²) in [5.41, 5.74) is 3.46. The van der Waals surface area contributed by atoms with Gasteiger partial charge in [-0.2, -0.15) is 0 Å². The molecule has 1 aromatic rings. The summed E-state index contributed by atoms with van der Waals surface area (Å²) in [6, 6.07) is 4.07. The summed E-state index contributed by atoms with van der Waals surface area (Å²) in [5, 5.41) is 0. The molecule has 1 nitrogen and oxygen atoms in total. The summed E-state index contributed by atoms with van der Waals surface area (Å²) < 4.78 is 28.1. The minimum absolute atomic E-state index is 0.0105. The van der Waals surface area contributed by atoms with Gasteiger partial charge in [0.05, 0.1) is 0 Å². The molecule has 0 N–H and O–H groups in total. The molecule has 1 aromatic carbocycles. The van der Waals surface area contributed by atoms with Crippen molar-refractivity contribution in [3.8, 4) is 0 Å². The van der Waals surface area contributed by atoms with Gasteiger partial charge in [-0.25, -0.2) is 8.78 Å². The molecule has 0 heterocycles. The van der Waals surface area contributed by atoms with E-state index < -0.39 is 11.6 Å². The smallest absolute Gasteiger partial charge is 0.155 e. The lowest BCUT2D eigenvalue weighted by Gasteiger charge is -2.55. The number of fused-ring (bicyclic) bond motifs is 5. The number of halogens is 2. The molecule has 4 aliphatic rings. The average molecular weight is 397 g/mol. The van der Waals surface area contributed by atoms with Crippen LogP contribution in [0.25, 0.3) is 0 Å². The molecule has 154 valence electrons. The van der Waals surface area contributed by atoms with Gasteiger partial charge in [-0.3, -0.25) is 4.79 Å². The first kappa shape index (κ1) is 19.2. The predicted molar refractivity (Wildman–Crippen MR) is 110 cm³/mol. The van der Waals surface area contributed by atoms with Crippen molar-refractivity contribution in [1.82, 2.24) is 0 Å². The Morgan fingerprint density at radius 2 is 1.69 bits per heavy atom. The van der Waals surface area contributed by atoms with E-state index in [4.69, 9.17) is 0 Å². The first-order valence-corrected chi connectivity index (χ1v) is 11.1. The molecular weight excluding hydrogens is 366 g/mol. The Labute approximate surface area is 172 Å². The van der Waals surface area contributed by atoms with E-state index in [9.17, 15) is 13.6 Å². The van der Waals surface area contributed by atoms with Gasteiger partial charge in [-0.15, -0.1) is 0 Å². The Balaban J connectivity index is 1.57. The fourth-order valence-corrected chi connectivity index (χ4v) is 7.46. The number of carbonyl (C=O) groups is 1. The largest absolute Gasteiger partial charge is 0.295 e. The molecule has 5 atom stereocenters. The lowest BCUT2D eigenvalue weighted by Crippen LogP contribution is -2.48. The maximum Gasteiger partial charge on any atom is 0.155 e. The van der Waals surface area contributed by atoms with E-state index in [1.807, 2.05) is 6.08 Å². The van der Waals surface area contributed by atoms with Crippen LogP contribution in [0.15, 0.2) is 41.5 Å². The van der Waals surface area contributed by atoms with Crippen LogP contribution in [0.2, 0.25) is 0 Å². The highest BCUT2D eigenvalue weighted by molar-refractivity contribution is 5.92. The SMILES string of the molecule is C[C@]12CCC(=O)C=C1CCC1C2=CC[C@@]2(C)[C@H]1CC[C@]2(C)c1cc(F)cc(F)c1. The molecule has 0 spiro atoms. The monoisotopic (exact) mass is 396 g/mol. The average Bonchev–Trinajstić information content (AvgIpc) is 2.94. The van der Waals surface area contributed by atoms with Crippen molar-refractivity contribution < 1.29 is 13.6 Å². The van der Waals surface area contributed by atoms with Crippen molar-refractivity contribution in [1.29, 1.82) is 0 Å². The summed E-state index contributed by atoms with van der Waals surface area (Å²) >= 11 is 0. The zero-order chi connectivity index (χ0) is 20.6. The predicted octanol–water partition coefficient (Wildman–Crippen LogP) is 6.67. The topological polar surface area (TPSA) is 17.1 Å². The number of carbonyl (C=O) groups excluding carboxylic acids is 1. The third-order valence-electron chi connectivity index (χ3n) is 9.44. The molecule has 4 aliphatic carbocycles. The van der Waals surface area contributed by atoms with Crippen LogP contribution in [0.5, 0.6) is 0 Å². The van der Waals surface area contributed by atoms with Gasteiger partial charge in [-0.1, -0.05) is 38.0 Å². The van der Waals surface area contributed by atoms with Crippen LogP contribution in [0, 0.1) is 34.3 Å². The maximum absolute atomic E-state index is 14.1. The van der Waals surface area contributed by atoms with Crippen LogP contribution in [-0.2, 0) is 10.2 Å². The van der Waals surface area contributed by atoms with Crippen molar-refractivity contribution in [2.24, 2.45) is 22.7 Å². The summed E-state index contributed by atoms with van der Waals surface area (Å²) in [7, 11) is 0. The van der Waals surface area contributed by atoms with Gasteiger partial charge in [0.1, 0.15) is 11.6 Å². The molecule has 0 aromatic heterocycles. The van der Waals surface area contributed by atoms with Crippen molar-refractivity contribution in [3.05, 3.63) is 58.7 Å². The third-order valence-corrected chi connectivity index (χ3v) is 9.44. The van der Waals surface area contributed by atoms with Gasteiger partial charge < -0.3 is 0 Å². The van der Waals surface area contributed by atoms with Gasteiger partial charge in [-0.05, 0) is 85.0 Å². The molecule has 2 saturated carbocycles. The van der Waals surface area contributed by atoms with Crippen LogP contribution in [0.3, 0.4) is 0 Å². The zero-order valence-corrected chi connectivity index (χ0v) is 17.7. The summed E-state index contributed by atoms with van der Waals surface area (Å²) in [6.45, 7) is 6.90. The molecule has 29 heavy (non-hydrogen) atoms. The van der Waals surface area contributed by atoms with E-state index in [-0.39, 0.29) is 22.0 Å². The molecule has 0 bridgehead atoms. The molecule has 5 rings (SSSR count). The lowest BCUT2D eigenvalue weighted by atomic mass is 9.49. The normalized spacial score (nSPS) is 41.2. The third kappa shape index (κ3) is 2.52. The second-order valence-electron chi connectivity index (χ2n) is 10.5. The molecular formula is C26H30F2O. The Morgan fingerprint density at radius 3 is 2.41 bits per heavy atom. The standard InChI is InChI=1S/C26H30F2O/c1-24-9-6-20(29)14-16(24)4-5-21-22(24)7-11-26(3)23(21)8-10-25(26,2)17-12-18(27)15-19(28)13-17/h7,12-15,21,23H,4-6,8-11H2,1-3H3/t21?,23-,24-,25+,26-/m0/s1. The van der Waals surface area contributed by atoms with Crippen molar-refractivity contribution in [3.63, 3.8) is 0 Å². The van der Waals surface area contributed by atoms with Gasteiger partial charge in [0.15, 0.2) is 5.78 Å². The highest BCUT2D eigenvalue weighted by atomic mass is 19.1. The Bertz CT molecular complexity index is 939. The number of rotatable bonds is 1. The first-order valence-electron chi connectivity index (χ1n) is 11.1. The quantitative estimate of drug-likeness (QED) is 0.484. The highest BCUT2D eigenvalue weighted by Gasteiger charge is 2.60. The van der Waals surface area contributed by atoms with Gasteiger partial charge in [0, 0.05) is 17.9 Å². The first-order chi connectivity index (χ1) is 13.7. The zero-order valence-electron chi connectivity index (χ0n) is 17.7. The fraction of sp³-hybridized carbons (Fsp3) is 0.577. The number of hydrogen-bond acceptors (Lipinski definition) is 1. The van der Waals surface area contributed by atoms with Crippen LogP contribution in [-0.4, -0.2) is 5.78 Å². The van der Waals surface area contributed by atoms with Crippen LogP contribution in [0.1, 0.15) is 71.3 Å². The number of benzene rings is 1. The summed E-state index contributed by atoms with van der Waals surface area (Å²) in [5.74, 6) is 0.359. The number of ketones is 1. The number of allylic oxidation sites excluding steroid dienone is 4. The van der Waals surface area contributed by atoms with Crippen LogP contribution in [0.4, 0.5) is 8.78 Å². The molecule has 0 amide bonds. The van der Waals surface area contributed by atoms with E-state index in [0.29, 0.717) is 18.3 Å². The highest BCUT2D eigenvalue weighted by Crippen LogP contribution is 2.68.